The third-order valence-corrected chi connectivity index (χ3v) is 3.34. The van der Waals surface area contributed by atoms with Crippen molar-refractivity contribution in [2.75, 3.05) is 16.8 Å². The van der Waals surface area contributed by atoms with Gasteiger partial charge in [0.2, 0.25) is 5.95 Å². The van der Waals surface area contributed by atoms with Crippen LogP contribution in [-0.2, 0) is 0 Å². The van der Waals surface area contributed by atoms with Crippen molar-refractivity contribution in [1.82, 2.24) is 4.98 Å². The van der Waals surface area contributed by atoms with Gasteiger partial charge in [-0.05, 0) is 36.5 Å². The molecule has 0 bridgehead atoms. The van der Waals surface area contributed by atoms with Crippen LogP contribution in [0.5, 0.6) is 0 Å². The first kappa shape index (κ1) is 9.77. The van der Waals surface area contributed by atoms with Crippen LogP contribution in [-0.4, -0.2) is 22.5 Å². The van der Waals surface area contributed by atoms with Gasteiger partial charge in [-0.25, -0.2) is 4.98 Å². The Kier molecular flexibility index (Phi) is 3.24. The molecular weight excluding hydrogens is 199 g/mol. The molecule has 1 saturated heterocycles. The summed E-state index contributed by atoms with van der Waals surface area (Å²) in [7, 11) is 0. The summed E-state index contributed by atoms with van der Waals surface area (Å²) in [5.74, 6) is 2.61. The molecule has 1 aliphatic rings. The molecule has 0 spiro atoms. The van der Waals surface area contributed by atoms with E-state index >= 15 is 0 Å². The molecule has 14 heavy (non-hydrogen) atoms. The van der Waals surface area contributed by atoms with Crippen molar-refractivity contribution in [2.45, 2.75) is 18.9 Å². The fraction of sp³-hybridized carbons (Fsp3) is 0.500. The first-order chi connectivity index (χ1) is 6.84. The zero-order valence-electron chi connectivity index (χ0n) is 7.87. The molecule has 0 saturated carbocycles. The van der Waals surface area contributed by atoms with Crippen LogP contribution in [0, 0.1) is 5.95 Å². The fourth-order valence-corrected chi connectivity index (χ4v) is 2.65. The van der Waals surface area contributed by atoms with Crippen LogP contribution in [0.2, 0.25) is 0 Å². The molecule has 2 heterocycles. The van der Waals surface area contributed by atoms with E-state index in [1.807, 2.05) is 17.8 Å². The summed E-state index contributed by atoms with van der Waals surface area (Å²) in [5, 5.41) is 3.26. The molecule has 1 fully saturated rings. The molecule has 1 N–H and O–H groups in total. The number of hydrogen-bond donors (Lipinski definition) is 1. The highest BCUT2D eigenvalue weighted by Crippen LogP contribution is 2.19. The molecule has 0 radical (unpaired) electrons. The number of pyridine rings is 1. The molecule has 2 nitrogen and oxygen atoms in total. The third-order valence-electron chi connectivity index (χ3n) is 2.29. The Bertz CT molecular complexity index is 300. The van der Waals surface area contributed by atoms with Crippen LogP contribution in [0.15, 0.2) is 18.2 Å². The lowest BCUT2D eigenvalue weighted by Crippen LogP contribution is -2.24. The van der Waals surface area contributed by atoms with Gasteiger partial charge in [-0.15, -0.1) is 0 Å². The van der Waals surface area contributed by atoms with Crippen molar-refractivity contribution in [3.8, 4) is 0 Å². The van der Waals surface area contributed by atoms with E-state index in [9.17, 15) is 4.39 Å². The maximum absolute atomic E-state index is 12.8. The second kappa shape index (κ2) is 4.64. The normalized spacial score (nSPS) is 18.1. The molecule has 0 amide bonds. The minimum atomic E-state index is -0.416. The molecule has 1 aromatic heterocycles. The Morgan fingerprint density at radius 2 is 2.14 bits per heavy atom. The second-order valence-corrected chi connectivity index (χ2v) is 4.60. The molecule has 0 atom stereocenters. The molecular formula is C10H13FN2S. The number of hydrogen-bond acceptors (Lipinski definition) is 3. The summed E-state index contributed by atoms with van der Waals surface area (Å²) in [6, 6.07) is 5.32. The maximum atomic E-state index is 12.8. The van der Waals surface area contributed by atoms with Gasteiger partial charge >= 0.3 is 0 Å². The number of anilines is 1. The molecule has 0 aromatic carbocycles. The maximum Gasteiger partial charge on any atom is 0.214 e. The van der Waals surface area contributed by atoms with Gasteiger partial charge in [-0.1, -0.05) is 6.07 Å². The van der Waals surface area contributed by atoms with Gasteiger partial charge in [0.1, 0.15) is 5.82 Å². The van der Waals surface area contributed by atoms with Gasteiger partial charge in [0.15, 0.2) is 0 Å². The van der Waals surface area contributed by atoms with Crippen molar-refractivity contribution in [3.05, 3.63) is 24.1 Å². The number of halogens is 1. The lowest BCUT2D eigenvalue weighted by atomic mass is 10.1. The van der Waals surface area contributed by atoms with E-state index in [0.717, 1.165) is 12.8 Å². The first-order valence-corrected chi connectivity index (χ1v) is 5.97. The largest absolute Gasteiger partial charge is 0.367 e. The van der Waals surface area contributed by atoms with Crippen LogP contribution in [0.1, 0.15) is 12.8 Å². The van der Waals surface area contributed by atoms with E-state index in [4.69, 9.17) is 0 Å². The highest BCUT2D eigenvalue weighted by Gasteiger charge is 2.13. The lowest BCUT2D eigenvalue weighted by molar-refractivity contribution is 0.581. The molecule has 1 aromatic rings. The number of aromatic nitrogens is 1. The molecule has 0 unspecified atom stereocenters. The van der Waals surface area contributed by atoms with Crippen LogP contribution in [0.3, 0.4) is 0 Å². The van der Waals surface area contributed by atoms with E-state index < -0.39 is 5.95 Å². The highest BCUT2D eigenvalue weighted by atomic mass is 32.2. The quantitative estimate of drug-likeness (QED) is 0.762. The van der Waals surface area contributed by atoms with Crippen LogP contribution < -0.4 is 5.32 Å². The molecule has 4 heteroatoms. The number of nitrogens with one attached hydrogen (secondary N) is 1. The average Bonchev–Trinajstić information content (AvgIpc) is 2.19. The lowest BCUT2D eigenvalue weighted by Gasteiger charge is -2.22. The smallest absolute Gasteiger partial charge is 0.214 e. The van der Waals surface area contributed by atoms with Gasteiger partial charge in [0, 0.05) is 6.04 Å². The van der Waals surface area contributed by atoms with Crippen molar-refractivity contribution in [2.24, 2.45) is 0 Å². The van der Waals surface area contributed by atoms with Gasteiger partial charge in [-0.2, -0.15) is 16.2 Å². The molecule has 76 valence electrons. The number of thioether (sulfide) groups is 1. The highest BCUT2D eigenvalue weighted by molar-refractivity contribution is 7.99. The standard InChI is InChI=1S/C10H13FN2S/c11-9-2-1-3-10(13-9)12-8-4-6-14-7-5-8/h1-3,8H,4-7H2,(H,12,13). The minimum absolute atomic E-state index is 0.416. The minimum Gasteiger partial charge on any atom is -0.367 e. The summed E-state index contributed by atoms with van der Waals surface area (Å²) in [6.45, 7) is 0. The van der Waals surface area contributed by atoms with Crippen LogP contribution in [0.25, 0.3) is 0 Å². The topological polar surface area (TPSA) is 24.9 Å². The predicted octanol–water partition coefficient (Wildman–Crippen LogP) is 2.53. The Balaban J connectivity index is 1.95. The summed E-state index contributed by atoms with van der Waals surface area (Å²) in [6.07, 6.45) is 2.28. The van der Waals surface area contributed by atoms with E-state index in [2.05, 4.69) is 10.3 Å². The van der Waals surface area contributed by atoms with E-state index in [1.165, 1.54) is 17.6 Å². The molecule has 2 rings (SSSR count). The summed E-state index contributed by atoms with van der Waals surface area (Å²) in [4.78, 5) is 3.78. The first-order valence-electron chi connectivity index (χ1n) is 4.81. The average molecular weight is 212 g/mol. The Labute approximate surface area is 87.3 Å². The van der Waals surface area contributed by atoms with Crippen LogP contribution in [0.4, 0.5) is 10.2 Å². The van der Waals surface area contributed by atoms with Gasteiger partial charge in [-0.3, -0.25) is 0 Å². The molecule has 1 aliphatic heterocycles. The Morgan fingerprint density at radius 1 is 1.36 bits per heavy atom. The zero-order valence-corrected chi connectivity index (χ0v) is 8.69. The fourth-order valence-electron chi connectivity index (χ4n) is 1.54. The van der Waals surface area contributed by atoms with Crippen molar-refractivity contribution >= 4 is 17.6 Å². The Morgan fingerprint density at radius 3 is 2.86 bits per heavy atom. The van der Waals surface area contributed by atoms with Gasteiger partial charge in [0.25, 0.3) is 0 Å². The van der Waals surface area contributed by atoms with E-state index in [-0.39, 0.29) is 0 Å². The van der Waals surface area contributed by atoms with E-state index in [0.29, 0.717) is 11.9 Å². The predicted molar refractivity (Wildman–Crippen MR) is 58.2 cm³/mol. The number of nitrogens with zero attached hydrogens (tertiary/aromatic N) is 1. The zero-order chi connectivity index (χ0) is 9.80. The molecule has 0 aliphatic carbocycles. The van der Waals surface area contributed by atoms with Crippen molar-refractivity contribution in [1.29, 1.82) is 0 Å². The van der Waals surface area contributed by atoms with Crippen molar-refractivity contribution in [3.63, 3.8) is 0 Å². The SMILES string of the molecule is Fc1cccc(NC2CCSCC2)n1. The van der Waals surface area contributed by atoms with Gasteiger partial charge in [0.05, 0.1) is 0 Å². The van der Waals surface area contributed by atoms with Crippen LogP contribution >= 0.6 is 11.8 Å². The van der Waals surface area contributed by atoms with Gasteiger partial charge < -0.3 is 5.32 Å². The monoisotopic (exact) mass is 212 g/mol. The summed E-state index contributed by atoms with van der Waals surface area (Å²) in [5.41, 5.74) is 0. The third kappa shape index (κ3) is 2.61. The summed E-state index contributed by atoms with van der Waals surface area (Å²) < 4.78 is 12.8. The second-order valence-electron chi connectivity index (χ2n) is 3.38. The number of rotatable bonds is 2. The Hall–Kier alpha value is -0.770. The summed E-state index contributed by atoms with van der Waals surface area (Å²) >= 11 is 1.98. The van der Waals surface area contributed by atoms with Crippen molar-refractivity contribution < 1.29 is 4.39 Å². The van der Waals surface area contributed by atoms with E-state index in [1.54, 1.807) is 6.07 Å².